The van der Waals surface area contributed by atoms with Crippen molar-refractivity contribution in [2.24, 2.45) is 7.05 Å². The Morgan fingerprint density at radius 3 is 2.74 bits per heavy atom. The van der Waals surface area contributed by atoms with Crippen LogP contribution in [0.3, 0.4) is 0 Å². The van der Waals surface area contributed by atoms with E-state index in [1.54, 1.807) is 11.3 Å². The van der Waals surface area contributed by atoms with Gasteiger partial charge >= 0.3 is 0 Å². The summed E-state index contributed by atoms with van der Waals surface area (Å²) in [5, 5.41) is 7.42. The van der Waals surface area contributed by atoms with E-state index in [2.05, 4.69) is 32.2 Å². The summed E-state index contributed by atoms with van der Waals surface area (Å²) in [7, 11) is 2.05. The molecule has 1 aliphatic heterocycles. The first-order valence-corrected chi connectivity index (χ1v) is 9.59. The van der Waals surface area contributed by atoms with Crippen molar-refractivity contribution in [2.75, 3.05) is 19.6 Å². The lowest BCUT2D eigenvalue weighted by Gasteiger charge is -2.35. The Morgan fingerprint density at radius 2 is 2.04 bits per heavy atom. The van der Waals surface area contributed by atoms with E-state index in [0.717, 1.165) is 53.3 Å². The maximum absolute atomic E-state index is 5.97. The number of nitrogens with zero attached hydrogens (tertiary/aromatic N) is 4. The van der Waals surface area contributed by atoms with E-state index in [-0.39, 0.29) is 30.9 Å². The topological polar surface area (TPSA) is 46.0 Å². The molecule has 0 aliphatic carbocycles. The van der Waals surface area contributed by atoms with E-state index in [1.807, 2.05) is 36.7 Å². The third kappa shape index (κ3) is 5.02. The summed E-state index contributed by atoms with van der Waals surface area (Å²) >= 11 is 7.65. The van der Waals surface area contributed by atoms with Gasteiger partial charge in [-0.05, 0) is 12.1 Å². The predicted octanol–water partition coefficient (Wildman–Crippen LogP) is 4.19. The largest absolute Gasteiger partial charge is 0.337 e. The van der Waals surface area contributed by atoms with Gasteiger partial charge in [-0.15, -0.1) is 36.2 Å². The van der Waals surface area contributed by atoms with Crippen LogP contribution in [0, 0.1) is 0 Å². The zero-order chi connectivity index (χ0) is 17.2. The lowest BCUT2D eigenvalue weighted by molar-refractivity contribution is 0.143. The molecule has 0 amide bonds. The summed E-state index contributed by atoms with van der Waals surface area (Å²) < 4.78 is 2.10. The second-order valence-electron chi connectivity index (χ2n) is 6.24. The second-order valence-corrected chi connectivity index (χ2v) is 7.53. The minimum absolute atomic E-state index is 0. The molecule has 1 aromatic carbocycles. The number of rotatable bonds is 4. The van der Waals surface area contributed by atoms with Crippen molar-refractivity contribution in [3.63, 3.8) is 0 Å². The Hall–Kier alpha value is -1.15. The molecule has 9 heteroatoms. The predicted molar refractivity (Wildman–Crippen MR) is 116 cm³/mol. The zero-order valence-electron chi connectivity index (χ0n) is 14.8. The van der Waals surface area contributed by atoms with Gasteiger partial charge in [0.2, 0.25) is 0 Å². The van der Waals surface area contributed by atoms with Gasteiger partial charge in [0.25, 0.3) is 0 Å². The van der Waals surface area contributed by atoms with E-state index >= 15 is 0 Å². The Morgan fingerprint density at radius 1 is 1.26 bits per heavy atom. The molecule has 2 aromatic heterocycles. The molecule has 5 nitrogen and oxygen atoms in total. The minimum Gasteiger partial charge on any atom is -0.337 e. The first kappa shape index (κ1) is 22.1. The molecule has 0 spiro atoms. The van der Waals surface area contributed by atoms with E-state index in [9.17, 15) is 0 Å². The van der Waals surface area contributed by atoms with Gasteiger partial charge in [0.1, 0.15) is 10.8 Å². The number of aromatic nitrogens is 3. The SMILES string of the molecule is Cl.Cl.Cn1ccnc1C1CNCCN1Cc1csc(-c2ccc(Cl)cc2)n1. The molecular formula is C18H22Cl3N5S. The number of imidazole rings is 1. The van der Waals surface area contributed by atoms with Gasteiger partial charge in [-0.3, -0.25) is 4.90 Å². The Kier molecular flexibility index (Phi) is 8.09. The number of nitrogens with one attached hydrogen (secondary N) is 1. The highest BCUT2D eigenvalue weighted by Crippen LogP contribution is 2.27. The van der Waals surface area contributed by atoms with Gasteiger partial charge < -0.3 is 9.88 Å². The van der Waals surface area contributed by atoms with Crippen LogP contribution < -0.4 is 5.32 Å². The molecule has 4 rings (SSSR count). The average molecular weight is 447 g/mol. The number of thiazole rings is 1. The zero-order valence-corrected chi connectivity index (χ0v) is 18.0. The average Bonchev–Trinajstić information content (AvgIpc) is 3.25. The van der Waals surface area contributed by atoms with Crippen LogP contribution in [0.5, 0.6) is 0 Å². The van der Waals surface area contributed by atoms with Crippen LogP contribution in [-0.4, -0.2) is 39.1 Å². The van der Waals surface area contributed by atoms with Crippen molar-refractivity contribution >= 4 is 47.8 Å². The number of halogens is 3. The summed E-state index contributed by atoms with van der Waals surface area (Å²) in [6.07, 6.45) is 3.87. The summed E-state index contributed by atoms with van der Waals surface area (Å²) in [5.74, 6) is 1.10. The van der Waals surface area contributed by atoms with Crippen molar-refractivity contribution in [1.82, 2.24) is 24.8 Å². The molecule has 0 radical (unpaired) electrons. The normalized spacial score (nSPS) is 17.2. The van der Waals surface area contributed by atoms with Crippen LogP contribution >= 0.6 is 47.8 Å². The van der Waals surface area contributed by atoms with Gasteiger partial charge in [-0.1, -0.05) is 23.7 Å². The smallest absolute Gasteiger partial charge is 0.127 e. The van der Waals surface area contributed by atoms with Crippen molar-refractivity contribution in [1.29, 1.82) is 0 Å². The molecule has 1 unspecified atom stereocenters. The van der Waals surface area contributed by atoms with Crippen LogP contribution in [0.4, 0.5) is 0 Å². The highest BCUT2D eigenvalue weighted by molar-refractivity contribution is 7.13. The molecule has 146 valence electrons. The van der Waals surface area contributed by atoms with Crippen molar-refractivity contribution in [3.8, 4) is 10.6 Å². The molecule has 3 heterocycles. The Bertz CT molecular complexity index is 849. The maximum Gasteiger partial charge on any atom is 0.127 e. The van der Waals surface area contributed by atoms with Gasteiger partial charge in [-0.2, -0.15) is 0 Å². The molecular weight excluding hydrogens is 425 g/mol. The van der Waals surface area contributed by atoms with Crippen molar-refractivity contribution < 1.29 is 0 Å². The standard InChI is InChI=1S/C18H20ClN5S.2ClH/c1-23-8-7-21-17(23)16-10-20-6-9-24(16)11-15-12-25-18(22-15)13-2-4-14(19)5-3-13;;/h2-5,7-8,12,16,20H,6,9-11H2,1H3;2*1H. The molecule has 0 bridgehead atoms. The number of aryl methyl sites for hydroxylation is 1. The van der Waals surface area contributed by atoms with Crippen LogP contribution in [-0.2, 0) is 13.6 Å². The van der Waals surface area contributed by atoms with Gasteiger partial charge in [0.15, 0.2) is 0 Å². The van der Waals surface area contributed by atoms with Gasteiger partial charge in [0, 0.05) is 61.6 Å². The van der Waals surface area contributed by atoms with E-state index in [4.69, 9.17) is 16.6 Å². The van der Waals surface area contributed by atoms with Gasteiger partial charge in [-0.25, -0.2) is 9.97 Å². The monoisotopic (exact) mass is 445 g/mol. The maximum atomic E-state index is 5.97. The molecule has 0 saturated carbocycles. The Labute approximate surface area is 180 Å². The fourth-order valence-corrected chi connectivity index (χ4v) is 4.14. The molecule has 1 N–H and O–H groups in total. The first-order valence-electron chi connectivity index (χ1n) is 8.33. The van der Waals surface area contributed by atoms with E-state index in [1.165, 1.54) is 0 Å². The summed E-state index contributed by atoms with van der Waals surface area (Å²) in [6.45, 7) is 3.74. The van der Waals surface area contributed by atoms with Crippen LogP contribution in [0.2, 0.25) is 5.02 Å². The molecule has 1 aliphatic rings. The number of benzene rings is 1. The van der Waals surface area contributed by atoms with E-state index < -0.39 is 0 Å². The summed E-state index contributed by atoms with van der Waals surface area (Å²) in [5.41, 5.74) is 2.22. The third-order valence-corrected chi connectivity index (χ3v) is 5.71. The highest BCUT2D eigenvalue weighted by Gasteiger charge is 2.27. The fourth-order valence-electron chi connectivity index (χ4n) is 3.20. The highest BCUT2D eigenvalue weighted by atomic mass is 35.5. The number of hydrogen-bond acceptors (Lipinski definition) is 5. The van der Waals surface area contributed by atoms with Crippen LogP contribution in [0.1, 0.15) is 17.6 Å². The van der Waals surface area contributed by atoms with Crippen LogP contribution in [0.15, 0.2) is 42.0 Å². The molecule has 1 fully saturated rings. The van der Waals surface area contributed by atoms with Crippen molar-refractivity contribution in [2.45, 2.75) is 12.6 Å². The number of hydrogen-bond donors (Lipinski definition) is 1. The minimum atomic E-state index is 0. The quantitative estimate of drug-likeness (QED) is 0.653. The lowest BCUT2D eigenvalue weighted by atomic mass is 10.1. The fraction of sp³-hybridized carbons (Fsp3) is 0.333. The third-order valence-electron chi connectivity index (χ3n) is 4.52. The van der Waals surface area contributed by atoms with E-state index in [0.29, 0.717) is 0 Å². The summed E-state index contributed by atoms with van der Waals surface area (Å²) in [4.78, 5) is 11.8. The molecule has 3 aromatic rings. The molecule has 1 atom stereocenters. The second kappa shape index (κ2) is 9.87. The van der Waals surface area contributed by atoms with Crippen LogP contribution in [0.25, 0.3) is 10.6 Å². The van der Waals surface area contributed by atoms with Gasteiger partial charge in [0.05, 0.1) is 11.7 Å². The Balaban J connectivity index is 0.00000131. The first-order chi connectivity index (χ1) is 12.2. The molecule has 1 saturated heterocycles. The number of piperazine rings is 1. The summed E-state index contributed by atoms with van der Waals surface area (Å²) in [6, 6.07) is 8.13. The molecule has 27 heavy (non-hydrogen) atoms. The lowest BCUT2D eigenvalue weighted by Crippen LogP contribution is -2.46. The van der Waals surface area contributed by atoms with Crippen molar-refractivity contribution in [3.05, 3.63) is 58.6 Å².